The monoisotopic (exact) mass is 492 g/mol. The molecule has 180 valence electrons. The molecule has 0 spiro atoms. The first kappa shape index (κ1) is 24.2. The summed E-state index contributed by atoms with van der Waals surface area (Å²) in [5.74, 6) is -0.902. The van der Waals surface area contributed by atoms with E-state index in [2.05, 4.69) is 5.32 Å². The number of carbonyl (C=O) groups is 2. The van der Waals surface area contributed by atoms with Crippen molar-refractivity contribution in [3.8, 4) is 0 Å². The van der Waals surface area contributed by atoms with Crippen LogP contribution in [0.15, 0.2) is 36.4 Å². The van der Waals surface area contributed by atoms with Gasteiger partial charge in [-0.2, -0.15) is 13.2 Å². The van der Waals surface area contributed by atoms with Crippen molar-refractivity contribution in [2.75, 3.05) is 19.0 Å². The zero-order chi connectivity index (χ0) is 24.5. The first-order valence-electron chi connectivity index (χ1n) is 10.8. The number of fused-ring (bicyclic) bond motifs is 1. The fourth-order valence-corrected chi connectivity index (χ4v) is 5.33. The number of thiazole rings is 1. The van der Waals surface area contributed by atoms with Crippen molar-refractivity contribution in [3.05, 3.63) is 58.1 Å². The molecule has 1 aliphatic rings. The van der Waals surface area contributed by atoms with Crippen molar-refractivity contribution in [2.24, 2.45) is 5.92 Å². The highest BCUT2D eigenvalue weighted by molar-refractivity contribution is 7.18. The summed E-state index contributed by atoms with van der Waals surface area (Å²) in [6.45, 7) is 0.185. The molecule has 0 unspecified atom stereocenters. The van der Waals surface area contributed by atoms with Crippen molar-refractivity contribution < 1.29 is 32.6 Å². The second-order valence-electron chi connectivity index (χ2n) is 8.34. The Labute approximate surface area is 197 Å². The minimum atomic E-state index is -4.58. The number of carbonyl (C=O) groups excluding carboxylic acids is 2. The number of methoxy groups -OCH3 is 1. The van der Waals surface area contributed by atoms with Gasteiger partial charge in [-0.25, -0.2) is 9.78 Å². The first-order valence-corrected chi connectivity index (χ1v) is 11.6. The minimum Gasteiger partial charge on any atom is -0.465 e. The zero-order valence-electron chi connectivity index (χ0n) is 18.3. The maximum atomic E-state index is 13.0. The number of amides is 1. The Morgan fingerprint density at radius 3 is 2.56 bits per heavy atom. The average Bonchev–Trinajstić information content (AvgIpc) is 3.25. The Hall–Kier alpha value is -2.98. The van der Waals surface area contributed by atoms with E-state index in [1.165, 1.54) is 30.6 Å². The third-order valence-electron chi connectivity index (χ3n) is 6.10. The molecule has 10 heteroatoms. The van der Waals surface area contributed by atoms with E-state index in [9.17, 15) is 27.9 Å². The average molecular weight is 493 g/mol. The Morgan fingerprint density at radius 2 is 1.91 bits per heavy atom. The third kappa shape index (κ3) is 5.07. The Bertz CT molecular complexity index is 1220. The number of halogens is 3. The summed E-state index contributed by atoms with van der Waals surface area (Å²) in [6.07, 6.45) is -0.921. The molecule has 1 amide bonds. The van der Waals surface area contributed by atoms with Gasteiger partial charge in [0.05, 0.1) is 39.1 Å². The number of nitrogens with zero attached hydrogens (tertiary/aromatic N) is 1. The molecule has 1 fully saturated rings. The van der Waals surface area contributed by atoms with Gasteiger partial charge in [-0.15, -0.1) is 11.3 Å². The van der Waals surface area contributed by atoms with Gasteiger partial charge in [0, 0.05) is 18.1 Å². The van der Waals surface area contributed by atoms with Crippen LogP contribution in [0, 0.1) is 5.92 Å². The second kappa shape index (κ2) is 9.71. The maximum absolute atomic E-state index is 13.0. The van der Waals surface area contributed by atoms with Gasteiger partial charge in [0.25, 0.3) is 5.91 Å². The molecule has 1 aromatic heterocycles. The summed E-state index contributed by atoms with van der Waals surface area (Å²) in [6, 6.07) is 7.21. The number of aliphatic hydroxyl groups is 1. The van der Waals surface area contributed by atoms with Gasteiger partial charge in [0.2, 0.25) is 0 Å². The van der Waals surface area contributed by atoms with E-state index in [0.29, 0.717) is 11.4 Å². The summed E-state index contributed by atoms with van der Waals surface area (Å²) in [4.78, 5) is 29.8. The molecule has 6 nitrogen and oxygen atoms in total. The van der Waals surface area contributed by atoms with Gasteiger partial charge in [-0.1, -0.05) is 6.07 Å². The van der Waals surface area contributed by atoms with Crippen LogP contribution in [0.25, 0.3) is 10.2 Å². The highest BCUT2D eigenvalue weighted by atomic mass is 32.1. The SMILES string of the molecule is COC(=O)c1cc2nc(C3CCC(CO)CC3)sc2cc1NC(=O)c1cccc(C(F)(F)F)c1. The zero-order valence-corrected chi connectivity index (χ0v) is 19.1. The van der Waals surface area contributed by atoms with Crippen molar-refractivity contribution in [1.29, 1.82) is 0 Å². The van der Waals surface area contributed by atoms with Crippen LogP contribution in [0.4, 0.5) is 18.9 Å². The number of alkyl halides is 3. The number of rotatable bonds is 5. The van der Waals surface area contributed by atoms with E-state index in [0.717, 1.165) is 53.6 Å². The molecule has 0 radical (unpaired) electrons. The number of hydrogen-bond acceptors (Lipinski definition) is 6. The highest BCUT2D eigenvalue weighted by Crippen LogP contribution is 2.40. The van der Waals surface area contributed by atoms with Crippen LogP contribution in [0.5, 0.6) is 0 Å². The Morgan fingerprint density at radius 1 is 1.18 bits per heavy atom. The Kier molecular flexibility index (Phi) is 6.90. The summed E-state index contributed by atoms with van der Waals surface area (Å²) in [5.41, 5.74) is -0.331. The van der Waals surface area contributed by atoms with Crippen LogP contribution < -0.4 is 5.32 Å². The quantitative estimate of drug-likeness (QED) is 0.452. The molecule has 4 rings (SSSR count). The largest absolute Gasteiger partial charge is 0.465 e. The van der Waals surface area contributed by atoms with Gasteiger partial charge in [-0.3, -0.25) is 4.79 Å². The molecule has 2 N–H and O–H groups in total. The summed E-state index contributed by atoms with van der Waals surface area (Å²) >= 11 is 1.46. The van der Waals surface area contributed by atoms with Crippen LogP contribution in [-0.2, 0) is 10.9 Å². The lowest BCUT2D eigenvalue weighted by Gasteiger charge is -2.25. The fourth-order valence-electron chi connectivity index (χ4n) is 4.17. The topological polar surface area (TPSA) is 88.5 Å². The predicted molar refractivity (Wildman–Crippen MR) is 122 cm³/mol. The number of benzene rings is 2. The van der Waals surface area contributed by atoms with Crippen molar-refractivity contribution in [1.82, 2.24) is 4.98 Å². The number of aliphatic hydroxyl groups excluding tert-OH is 1. The van der Waals surface area contributed by atoms with Gasteiger partial charge in [-0.05, 0) is 61.9 Å². The van der Waals surface area contributed by atoms with Crippen LogP contribution in [0.3, 0.4) is 0 Å². The van der Waals surface area contributed by atoms with Crippen LogP contribution in [0.2, 0.25) is 0 Å². The van der Waals surface area contributed by atoms with Gasteiger partial charge >= 0.3 is 12.1 Å². The van der Waals surface area contributed by atoms with E-state index in [-0.39, 0.29) is 29.3 Å². The second-order valence-corrected chi connectivity index (χ2v) is 9.40. The Balaban J connectivity index is 1.65. The van der Waals surface area contributed by atoms with E-state index >= 15 is 0 Å². The van der Waals surface area contributed by atoms with E-state index < -0.39 is 23.6 Å². The number of nitrogens with one attached hydrogen (secondary N) is 1. The molecular weight excluding hydrogens is 469 g/mol. The molecule has 3 aromatic rings. The number of ether oxygens (including phenoxy) is 1. The van der Waals surface area contributed by atoms with Crippen LogP contribution in [-0.4, -0.2) is 35.7 Å². The molecule has 1 heterocycles. The molecule has 1 aliphatic carbocycles. The first-order chi connectivity index (χ1) is 16.2. The lowest BCUT2D eigenvalue weighted by atomic mass is 9.83. The van der Waals surface area contributed by atoms with Crippen LogP contribution in [0.1, 0.15) is 62.9 Å². The van der Waals surface area contributed by atoms with Gasteiger partial charge in [0.15, 0.2) is 0 Å². The third-order valence-corrected chi connectivity index (χ3v) is 7.28. The summed E-state index contributed by atoms with van der Waals surface area (Å²) < 4.78 is 44.7. The van der Waals surface area contributed by atoms with E-state index in [4.69, 9.17) is 9.72 Å². The lowest BCUT2D eigenvalue weighted by molar-refractivity contribution is -0.137. The highest BCUT2D eigenvalue weighted by Gasteiger charge is 2.31. The number of hydrogen-bond donors (Lipinski definition) is 2. The fraction of sp³-hybridized carbons (Fsp3) is 0.375. The molecule has 0 aliphatic heterocycles. The van der Waals surface area contributed by atoms with Gasteiger partial charge < -0.3 is 15.2 Å². The molecule has 0 saturated heterocycles. The van der Waals surface area contributed by atoms with Crippen molar-refractivity contribution in [3.63, 3.8) is 0 Å². The minimum absolute atomic E-state index is 0.0659. The number of esters is 1. The van der Waals surface area contributed by atoms with E-state index in [1.54, 1.807) is 6.07 Å². The molecule has 1 saturated carbocycles. The van der Waals surface area contributed by atoms with Crippen molar-refractivity contribution in [2.45, 2.75) is 37.8 Å². The molecule has 2 aromatic carbocycles. The molecule has 0 atom stereocenters. The molecular formula is C24H23F3N2O4S. The molecule has 34 heavy (non-hydrogen) atoms. The summed E-state index contributed by atoms with van der Waals surface area (Å²) in [7, 11) is 1.21. The van der Waals surface area contributed by atoms with Gasteiger partial charge in [0.1, 0.15) is 0 Å². The number of anilines is 1. The smallest absolute Gasteiger partial charge is 0.416 e. The maximum Gasteiger partial charge on any atom is 0.416 e. The van der Waals surface area contributed by atoms with Crippen LogP contribution >= 0.6 is 11.3 Å². The van der Waals surface area contributed by atoms with Crippen molar-refractivity contribution >= 4 is 39.1 Å². The summed E-state index contributed by atoms with van der Waals surface area (Å²) in [5, 5.41) is 12.8. The number of aromatic nitrogens is 1. The van der Waals surface area contributed by atoms with E-state index in [1.807, 2.05) is 0 Å². The lowest BCUT2D eigenvalue weighted by Crippen LogP contribution is -2.16. The standard InChI is InChI=1S/C24H23F3N2O4S/c1-33-23(32)17-10-19-20(34-22(29-19)14-7-5-13(12-30)6-8-14)11-18(17)28-21(31)15-3-2-4-16(9-15)24(25,26)27/h2-4,9-11,13-14,30H,5-8,12H2,1H3,(H,28,31). The molecule has 0 bridgehead atoms. The predicted octanol–water partition coefficient (Wildman–Crippen LogP) is 5.62. The normalized spacial score (nSPS) is 18.6.